The number of hydrogen-bond acceptors (Lipinski definition) is 3. The first-order valence-corrected chi connectivity index (χ1v) is 6.81. The van der Waals surface area contributed by atoms with Crippen LogP contribution in [0, 0.1) is 6.92 Å². The molecule has 1 fully saturated rings. The summed E-state index contributed by atoms with van der Waals surface area (Å²) < 4.78 is 2.04. The molecule has 1 saturated heterocycles. The fraction of sp³-hybridized carbons (Fsp3) is 0.400. The number of likely N-dealkylation sites (tertiary alicyclic amines) is 1. The molecule has 1 aliphatic rings. The van der Waals surface area contributed by atoms with E-state index in [1.165, 1.54) is 11.3 Å². The first-order chi connectivity index (χ1) is 9.24. The van der Waals surface area contributed by atoms with Crippen LogP contribution in [0.25, 0.3) is 5.69 Å². The van der Waals surface area contributed by atoms with Crippen molar-refractivity contribution in [2.24, 2.45) is 5.73 Å². The standard InChI is InChI=1S/C15H20N4/c1-12-4-2-3-5-15(12)19-14(6-8-17-19)11-18-9-7-13(16)10-18/h2-6,8,13H,7,9-11,16H2,1H3/t13-/m0/s1. The summed E-state index contributed by atoms with van der Waals surface area (Å²) in [5.74, 6) is 0. The molecule has 0 saturated carbocycles. The summed E-state index contributed by atoms with van der Waals surface area (Å²) in [6.07, 6.45) is 2.97. The van der Waals surface area contributed by atoms with Crippen molar-refractivity contribution in [3.8, 4) is 5.69 Å². The van der Waals surface area contributed by atoms with Crippen LogP contribution >= 0.6 is 0 Å². The Labute approximate surface area is 113 Å². The Morgan fingerprint density at radius 3 is 2.89 bits per heavy atom. The predicted molar refractivity (Wildman–Crippen MR) is 76.2 cm³/mol. The van der Waals surface area contributed by atoms with E-state index in [0.717, 1.165) is 31.7 Å². The van der Waals surface area contributed by atoms with Crippen molar-refractivity contribution in [3.05, 3.63) is 47.8 Å². The molecule has 2 N–H and O–H groups in total. The molecule has 0 unspecified atom stereocenters. The highest BCUT2D eigenvalue weighted by atomic mass is 15.3. The Hall–Kier alpha value is -1.65. The van der Waals surface area contributed by atoms with Crippen molar-refractivity contribution in [2.45, 2.75) is 25.9 Å². The van der Waals surface area contributed by atoms with E-state index in [-0.39, 0.29) is 0 Å². The number of benzene rings is 1. The lowest BCUT2D eigenvalue weighted by Crippen LogP contribution is -2.27. The molecule has 1 aromatic carbocycles. The number of aryl methyl sites for hydroxylation is 1. The third kappa shape index (κ3) is 2.55. The zero-order valence-electron chi connectivity index (χ0n) is 11.3. The topological polar surface area (TPSA) is 47.1 Å². The van der Waals surface area contributed by atoms with Gasteiger partial charge in [-0.25, -0.2) is 4.68 Å². The van der Waals surface area contributed by atoms with E-state index in [4.69, 9.17) is 5.73 Å². The van der Waals surface area contributed by atoms with Crippen molar-refractivity contribution >= 4 is 0 Å². The normalized spacial score (nSPS) is 20.0. The van der Waals surface area contributed by atoms with Gasteiger partial charge in [0.2, 0.25) is 0 Å². The summed E-state index contributed by atoms with van der Waals surface area (Å²) in [5.41, 5.74) is 9.59. The van der Waals surface area contributed by atoms with Gasteiger partial charge in [-0.05, 0) is 31.0 Å². The van der Waals surface area contributed by atoms with Gasteiger partial charge in [0.25, 0.3) is 0 Å². The lowest BCUT2D eigenvalue weighted by molar-refractivity contribution is 0.319. The van der Waals surface area contributed by atoms with Crippen LogP contribution in [0.4, 0.5) is 0 Å². The fourth-order valence-electron chi connectivity index (χ4n) is 2.70. The van der Waals surface area contributed by atoms with Crippen LogP contribution in [0.5, 0.6) is 0 Å². The molecule has 0 aliphatic carbocycles. The van der Waals surface area contributed by atoms with Crippen LogP contribution < -0.4 is 5.73 Å². The first kappa shape index (κ1) is 12.4. The predicted octanol–water partition coefficient (Wildman–Crippen LogP) is 1.71. The van der Waals surface area contributed by atoms with Crippen molar-refractivity contribution in [2.75, 3.05) is 13.1 Å². The minimum atomic E-state index is 0.329. The van der Waals surface area contributed by atoms with Gasteiger partial charge in [-0.15, -0.1) is 0 Å². The van der Waals surface area contributed by atoms with Crippen LogP contribution in [0.15, 0.2) is 36.5 Å². The fourth-order valence-corrected chi connectivity index (χ4v) is 2.70. The summed E-state index contributed by atoms with van der Waals surface area (Å²) in [6.45, 7) is 5.10. The number of aromatic nitrogens is 2. The van der Waals surface area contributed by atoms with E-state index in [1.54, 1.807) is 0 Å². The molecule has 0 bridgehead atoms. The molecular weight excluding hydrogens is 236 g/mol. The molecule has 0 amide bonds. The highest BCUT2D eigenvalue weighted by molar-refractivity contribution is 5.40. The van der Waals surface area contributed by atoms with E-state index in [1.807, 2.05) is 10.9 Å². The number of hydrogen-bond donors (Lipinski definition) is 1. The highest BCUT2D eigenvalue weighted by Crippen LogP contribution is 2.18. The van der Waals surface area contributed by atoms with Gasteiger partial charge in [-0.2, -0.15) is 5.10 Å². The average Bonchev–Trinajstić information content (AvgIpc) is 3.00. The van der Waals surface area contributed by atoms with Crippen molar-refractivity contribution in [3.63, 3.8) is 0 Å². The monoisotopic (exact) mass is 256 g/mol. The zero-order chi connectivity index (χ0) is 13.2. The van der Waals surface area contributed by atoms with E-state index in [0.29, 0.717) is 6.04 Å². The van der Waals surface area contributed by atoms with Gasteiger partial charge in [0.15, 0.2) is 0 Å². The molecular formula is C15H20N4. The van der Waals surface area contributed by atoms with Crippen LogP contribution in [0.1, 0.15) is 17.7 Å². The van der Waals surface area contributed by atoms with Gasteiger partial charge in [0.1, 0.15) is 0 Å². The number of nitrogens with zero attached hydrogens (tertiary/aromatic N) is 3. The minimum absolute atomic E-state index is 0.329. The molecule has 4 nitrogen and oxygen atoms in total. The molecule has 1 aliphatic heterocycles. The average molecular weight is 256 g/mol. The van der Waals surface area contributed by atoms with Gasteiger partial charge in [0.05, 0.1) is 11.4 Å². The second kappa shape index (κ2) is 5.15. The van der Waals surface area contributed by atoms with Crippen molar-refractivity contribution in [1.29, 1.82) is 0 Å². The molecule has 3 rings (SSSR count). The quantitative estimate of drug-likeness (QED) is 0.909. The second-order valence-electron chi connectivity index (χ2n) is 5.30. The van der Waals surface area contributed by atoms with Crippen LogP contribution in [0.2, 0.25) is 0 Å². The van der Waals surface area contributed by atoms with Gasteiger partial charge < -0.3 is 5.73 Å². The number of nitrogens with two attached hydrogens (primary N) is 1. The third-order valence-corrected chi connectivity index (χ3v) is 3.76. The summed E-state index contributed by atoms with van der Waals surface area (Å²) >= 11 is 0. The van der Waals surface area contributed by atoms with Crippen molar-refractivity contribution in [1.82, 2.24) is 14.7 Å². The Morgan fingerprint density at radius 1 is 1.32 bits per heavy atom. The van der Waals surface area contributed by atoms with E-state index < -0.39 is 0 Å². The third-order valence-electron chi connectivity index (χ3n) is 3.76. The summed E-state index contributed by atoms with van der Waals surface area (Å²) in [7, 11) is 0. The maximum atomic E-state index is 5.96. The van der Waals surface area contributed by atoms with E-state index in [9.17, 15) is 0 Å². The van der Waals surface area contributed by atoms with E-state index >= 15 is 0 Å². The van der Waals surface area contributed by atoms with E-state index in [2.05, 4.69) is 47.3 Å². The molecule has 1 aromatic heterocycles. The second-order valence-corrected chi connectivity index (χ2v) is 5.30. The molecule has 2 heterocycles. The SMILES string of the molecule is Cc1ccccc1-n1nccc1CN1CC[C@H](N)C1. The molecule has 19 heavy (non-hydrogen) atoms. The Morgan fingerprint density at radius 2 is 2.16 bits per heavy atom. The number of para-hydroxylation sites is 1. The maximum absolute atomic E-state index is 5.96. The largest absolute Gasteiger partial charge is 0.326 e. The molecule has 1 atom stereocenters. The summed E-state index contributed by atoms with van der Waals surface area (Å²) in [6, 6.07) is 10.8. The Balaban J connectivity index is 1.85. The molecule has 0 radical (unpaired) electrons. The Kier molecular flexibility index (Phi) is 3.36. The minimum Gasteiger partial charge on any atom is -0.326 e. The summed E-state index contributed by atoms with van der Waals surface area (Å²) in [5, 5.41) is 4.47. The zero-order valence-corrected chi connectivity index (χ0v) is 11.3. The van der Waals surface area contributed by atoms with Crippen LogP contribution in [-0.4, -0.2) is 33.8 Å². The maximum Gasteiger partial charge on any atom is 0.0678 e. The smallest absolute Gasteiger partial charge is 0.0678 e. The molecule has 100 valence electrons. The van der Waals surface area contributed by atoms with Crippen molar-refractivity contribution < 1.29 is 0 Å². The first-order valence-electron chi connectivity index (χ1n) is 6.81. The summed E-state index contributed by atoms with van der Waals surface area (Å²) in [4.78, 5) is 2.40. The van der Waals surface area contributed by atoms with Gasteiger partial charge in [-0.1, -0.05) is 18.2 Å². The Bertz CT molecular complexity index is 561. The lowest BCUT2D eigenvalue weighted by atomic mass is 10.2. The van der Waals surface area contributed by atoms with Gasteiger partial charge in [-0.3, -0.25) is 4.90 Å². The molecule has 2 aromatic rings. The number of rotatable bonds is 3. The lowest BCUT2D eigenvalue weighted by Gasteiger charge is -2.17. The molecule has 0 spiro atoms. The highest BCUT2D eigenvalue weighted by Gasteiger charge is 2.20. The van der Waals surface area contributed by atoms with Gasteiger partial charge in [0, 0.05) is 31.9 Å². The molecule has 4 heteroatoms. The van der Waals surface area contributed by atoms with Crippen LogP contribution in [0.3, 0.4) is 0 Å². The van der Waals surface area contributed by atoms with Gasteiger partial charge >= 0.3 is 0 Å². The van der Waals surface area contributed by atoms with Crippen LogP contribution in [-0.2, 0) is 6.54 Å².